The zero-order valence-electron chi connectivity index (χ0n) is 17.0. The first kappa shape index (κ1) is 20.5. The monoisotopic (exact) mass is 404 g/mol. The Hall–Kier alpha value is -2.19. The third-order valence-electron chi connectivity index (χ3n) is 4.87. The summed E-state index contributed by atoms with van der Waals surface area (Å²) < 4.78 is 7.03. The smallest absolute Gasteiger partial charge is 0.341 e. The van der Waals surface area contributed by atoms with E-state index in [1.54, 1.807) is 11.6 Å². The van der Waals surface area contributed by atoms with Gasteiger partial charge < -0.3 is 10.1 Å². The zero-order chi connectivity index (χ0) is 20.3. The standard InChI is InChI=1S/C20H28N4O3S/c1-5-27-20(26)18-15-8-6-7-9-16(15)28-19(18)21-17(25)12-23(3)10-14-11-24(4)22-13(14)2/h11H,5-10,12H2,1-4H3,(H,21,25). The zero-order valence-corrected chi connectivity index (χ0v) is 17.8. The number of carbonyl (C=O) groups excluding carboxylic acids is 2. The summed E-state index contributed by atoms with van der Waals surface area (Å²) in [5.74, 6) is -0.468. The molecule has 2 aromatic heterocycles. The maximum absolute atomic E-state index is 12.6. The molecule has 1 amide bonds. The number of hydrogen-bond donors (Lipinski definition) is 1. The van der Waals surface area contributed by atoms with E-state index in [1.807, 2.05) is 32.1 Å². The molecule has 1 aliphatic carbocycles. The summed E-state index contributed by atoms with van der Waals surface area (Å²) in [6, 6.07) is 0. The predicted octanol–water partition coefficient (Wildman–Crippen LogP) is 2.92. The largest absolute Gasteiger partial charge is 0.462 e. The molecule has 8 heteroatoms. The van der Waals surface area contributed by atoms with E-state index in [9.17, 15) is 9.59 Å². The molecule has 0 atom stereocenters. The van der Waals surface area contributed by atoms with Crippen LogP contribution in [0.5, 0.6) is 0 Å². The van der Waals surface area contributed by atoms with Crippen LogP contribution in [0.1, 0.15) is 51.8 Å². The quantitative estimate of drug-likeness (QED) is 0.718. The Balaban J connectivity index is 1.70. The second-order valence-electron chi connectivity index (χ2n) is 7.27. The summed E-state index contributed by atoms with van der Waals surface area (Å²) in [5, 5.41) is 7.92. The maximum atomic E-state index is 12.6. The molecule has 28 heavy (non-hydrogen) atoms. The molecule has 2 aromatic rings. The second kappa shape index (κ2) is 8.87. The number of aryl methyl sites for hydroxylation is 3. The van der Waals surface area contributed by atoms with Gasteiger partial charge in [0.2, 0.25) is 5.91 Å². The van der Waals surface area contributed by atoms with Crippen LogP contribution in [0.2, 0.25) is 0 Å². The van der Waals surface area contributed by atoms with Gasteiger partial charge in [-0.3, -0.25) is 14.4 Å². The highest BCUT2D eigenvalue weighted by molar-refractivity contribution is 7.17. The summed E-state index contributed by atoms with van der Waals surface area (Å²) in [5.41, 5.74) is 3.67. The maximum Gasteiger partial charge on any atom is 0.341 e. The highest BCUT2D eigenvalue weighted by Gasteiger charge is 2.27. The average molecular weight is 405 g/mol. The summed E-state index contributed by atoms with van der Waals surface area (Å²) in [4.78, 5) is 28.3. The van der Waals surface area contributed by atoms with Crippen molar-refractivity contribution in [1.29, 1.82) is 0 Å². The molecular weight excluding hydrogens is 376 g/mol. The van der Waals surface area contributed by atoms with E-state index in [1.165, 1.54) is 16.2 Å². The minimum atomic E-state index is -0.337. The van der Waals surface area contributed by atoms with Gasteiger partial charge in [-0.15, -0.1) is 11.3 Å². The molecule has 0 fully saturated rings. The predicted molar refractivity (Wildman–Crippen MR) is 110 cm³/mol. The van der Waals surface area contributed by atoms with Gasteiger partial charge in [-0.1, -0.05) is 0 Å². The van der Waals surface area contributed by atoms with E-state index in [-0.39, 0.29) is 18.4 Å². The second-order valence-corrected chi connectivity index (χ2v) is 8.37. The van der Waals surface area contributed by atoms with Crippen LogP contribution in [0.4, 0.5) is 5.00 Å². The number of fused-ring (bicyclic) bond motifs is 1. The molecule has 0 aliphatic heterocycles. The molecule has 3 rings (SSSR count). The van der Waals surface area contributed by atoms with Gasteiger partial charge in [0.25, 0.3) is 0 Å². The van der Waals surface area contributed by atoms with Crippen molar-refractivity contribution in [2.45, 2.75) is 46.1 Å². The number of amides is 1. The lowest BCUT2D eigenvalue weighted by atomic mass is 9.95. The highest BCUT2D eigenvalue weighted by atomic mass is 32.1. The van der Waals surface area contributed by atoms with Crippen LogP contribution < -0.4 is 5.32 Å². The topological polar surface area (TPSA) is 76.5 Å². The van der Waals surface area contributed by atoms with Crippen LogP contribution >= 0.6 is 11.3 Å². The van der Waals surface area contributed by atoms with E-state index < -0.39 is 0 Å². The molecule has 0 spiro atoms. The van der Waals surface area contributed by atoms with Crippen LogP contribution in [-0.4, -0.2) is 46.8 Å². The van der Waals surface area contributed by atoms with Crippen molar-refractivity contribution in [2.24, 2.45) is 7.05 Å². The molecule has 0 saturated heterocycles. The Kier molecular flexibility index (Phi) is 6.51. The van der Waals surface area contributed by atoms with Crippen LogP contribution in [0, 0.1) is 6.92 Å². The van der Waals surface area contributed by atoms with E-state index in [2.05, 4.69) is 10.4 Å². The van der Waals surface area contributed by atoms with Crippen LogP contribution in [0.25, 0.3) is 0 Å². The van der Waals surface area contributed by atoms with E-state index in [4.69, 9.17) is 4.74 Å². The van der Waals surface area contributed by atoms with E-state index >= 15 is 0 Å². The fraction of sp³-hybridized carbons (Fsp3) is 0.550. The number of esters is 1. The summed E-state index contributed by atoms with van der Waals surface area (Å²) in [6.45, 7) is 4.96. The summed E-state index contributed by atoms with van der Waals surface area (Å²) in [6.07, 6.45) is 5.99. The van der Waals surface area contributed by atoms with Gasteiger partial charge in [0.1, 0.15) is 5.00 Å². The fourth-order valence-electron chi connectivity index (χ4n) is 3.64. The first-order valence-corrected chi connectivity index (χ1v) is 10.5. The first-order chi connectivity index (χ1) is 13.4. The number of aromatic nitrogens is 2. The highest BCUT2D eigenvalue weighted by Crippen LogP contribution is 2.38. The normalized spacial score (nSPS) is 13.5. The number of nitrogens with zero attached hydrogens (tertiary/aromatic N) is 3. The summed E-state index contributed by atoms with van der Waals surface area (Å²) >= 11 is 1.52. The van der Waals surface area contributed by atoms with Crippen LogP contribution in [0.3, 0.4) is 0 Å². The van der Waals surface area contributed by atoms with Gasteiger partial charge in [0.05, 0.1) is 24.4 Å². The van der Waals surface area contributed by atoms with Crippen molar-refractivity contribution in [3.63, 3.8) is 0 Å². The molecule has 0 saturated carbocycles. The Bertz CT molecular complexity index is 871. The van der Waals surface area contributed by atoms with Gasteiger partial charge in [0.15, 0.2) is 0 Å². The van der Waals surface area contributed by atoms with Gasteiger partial charge in [0, 0.05) is 30.2 Å². The van der Waals surface area contributed by atoms with E-state index in [0.717, 1.165) is 42.5 Å². The lowest BCUT2D eigenvalue weighted by Crippen LogP contribution is -2.30. The van der Waals surface area contributed by atoms with Crippen molar-refractivity contribution in [2.75, 3.05) is 25.5 Å². The third-order valence-corrected chi connectivity index (χ3v) is 6.08. The lowest BCUT2D eigenvalue weighted by Gasteiger charge is -2.16. The minimum absolute atomic E-state index is 0.131. The number of thiophene rings is 1. The van der Waals surface area contributed by atoms with Crippen molar-refractivity contribution in [3.05, 3.63) is 33.5 Å². The van der Waals surface area contributed by atoms with Crippen molar-refractivity contribution < 1.29 is 14.3 Å². The molecule has 0 unspecified atom stereocenters. The molecule has 1 N–H and O–H groups in total. The average Bonchev–Trinajstić information content (AvgIpc) is 3.13. The molecule has 1 aliphatic rings. The van der Waals surface area contributed by atoms with Gasteiger partial charge in [-0.05, 0) is 52.1 Å². The molecule has 2 heterocycles. The van der Waals surface area contributed by atoms with E-state index in [0.29, 0.717) is 23.7 Å². The Morgan fingerprint density at radius 2 is 2.11 bits per heavy atom. The molecule has 7 nitrogen and oxygen atoms in total. The minimum Gasteiger partial charge on any atom is -0.462 e. The van der Waals surface area contributed by atoms with Gasteiger partial charge in [-0.25, -0.2) is 4.79 Å². The summed E-state index contributed by atoms with van der Waals surface area (Å²) in [7, 11) is 3.79. The SMILES string of the molecule is CCOC(=O)c1c(NC(=O)CN(C)Cc2cn(C)nc2C)sc2c1CCCC2. The number of likely N-dealkylation sites (N-methyl/N-ethyl adjacent to an activating group) is 1. The third kappa shape index (κ3) is 4.62. The van der Waals surface area contributed by atoms with Crippen molar-refractivity contribution in [3.8, 4) is 0 Å². The molecular formula is C20H28N4O3S. The number of carbonyl (C=O) groups is 2. The first-order valence-electron chi connectivity index (χ1n) is 9.68. The molecule has 152 valence electrons. The van der Waals surface area contributed by atoms with Crippen LogP contribution in [0.15, 0.2) is 6.20 Å². The van der Waals surface area contributed by atoms with Gasteiger partial charge >= 0.3 is 5.97 Å². The Morgan fingerprint density at radius 3 is 2.79 bits per heavy atom. The lowest BCUT2D eigenvalue weighted by molar-refractivity contribution is -0.117. The fourth-order valence-corrected chi connectivity index (χ4v) is 4.93. The molecule has 0 radical (unpaired) electrons. The number of hydrogen-bond acceptors (Lipinski definition) is 6. The number of ether oxygens (including phenoxy) is 1. The molecule has 0 aromatic carbocycles. The van der Waals surface area contributed by atoms with Crippen LogP contribution in [-0.2, 0) is 36.0 Å². The van der Waals surface area contributed by atoms with Crippen molar-refractivity contribution >= 4 is 28.2 Å². The Morgan fingerprint density at radius 1 is 1.36 bits per heavy atom. The van der Waals surface area contributed by atoms with Crippen molar-refractivity contribution in [1.82, 2.24) is 14.7 Å². The number of nitrogens with one attached hydrogen (secondary N) is 1. The molecule has 0 bridgehead atoms. The number of rotatable bonds is 7. The number of anilines is 1. The Labute approximate surface area is 169 Å². The van der Waals surface area contributed by atoms with Gasteiger partial charge in [-0.2, -0.15) is 5.10 Å².